The van der Waals surface area contributed by atoms with Gasteiger partial charge in [-0.2, -0.15) is 0 Å². The van der Waals surface area contributed by atoms with Crippen LogP contribution in [0.4, 0.5) is 0 Å². The van der Waals surface area contributed by atoms with E-state index in [9.17, 15) is 0 Å². The fraction of sp³-hybridized carbons (Fsp3) is 1.00. The maximum Gasteiger partial charge on any atom is 0.0443 e. The van der Waals surface area contributed by atoms with Crippen molar-refractivity contribution in [1.29, 1.82) is 0 Å². The Hall–Kier alpha value is -0.120. The lowest BCUT2D eigenvalue weighted by Gasteiger charge is -2.31. The monoisotopic (exact) mass is 228 g/mol. The first-order valence-electron chi connectivity index (χ1n) is 6.93. The number of hydrogen-bond donors (Lipinski definition) is 2. The van der Waals surface area contributed by atoms with Gasteiger partial charge in [0, 0.05) is 19.2 Å². The zero-order valence-corrected chi connectivity index (χ0v) is 10.5. The van der Waals surface area contributed by atoms with Crippen molar-refractivity contribution in [2.45, 2.75) is 57.4 Å². The van der Waals surface area contributed by atoms with Crippen LogP contribution in [0.2, 0.25) is 0 Å². The normalized spacial score (nSPS) is 18.9. The molecule has 1 fully saturated rings. The first-order chi connectivity index (χ1) is 7.88. The van der Waals surface area contributed by atoms with Crippen LogP contribution in [0, 0.1) is 0 Å². The van der Waals surface area contributed by atoms with E-state index in [0.29, 0.717) is 6.61 Å². The SMILES string of the molecule is NCCCN(CCCO)C1CCCCCC1. The molecule has 0 aromatic rings. The van der Waals surface area contributed by atoms with Crippen LogP contribution < -0.4 is 5.73 Å². The van der Waals surface area contributed by atoms with Crippen LogP contribution in [-0.2, 0) is 0 Å². The molecule has 0 aromatic heterocycles. The standard InChI is InChI=1S/C13H28N2O/c14-9-5-10-15(11-6-12-16)13-7-3-1-2-4-8-13/h13,16H,1-12,14H2. The molecule has 0 bridgehead atoms. The Labute approximate surface area is 100 Å². The Bertz CT molecular complexity index is 148. The second-order valence-electron chi connectivity index (χ2n) is 4.90. The van der Waals surface area contributed by atoms with Gasteiger partial charge >= 0.3 is 0 Å². The lowest BCUT2D eigenvalue weighted by atomic mass is 10.1. The molecule has 0 saturated heterocycles. The van der Waals surface area contributed by atoms with Crippen molar-refractivity contribution in [1.82, 2.24) is 4.90 Å². The third-order valence-electron chi connectivity index (χ3n) is 3.59. The Morgan fingerprint density at radius 2 is 1.62 bits per heavy atom. The van der Waals surface area contributed by atoms with Crippen molar-refractivity contribution in [3.63, 3.8) is 0 Å². The van der Waals surface area contributed by atoms with Crippen molar-refractivity contribution < 1.29 is 5.11 Å². The molecule has 0 radical (unpaired) electrons. The average molecular weight is 228 g/mol. The first kappa shape index (κ1) is 13.9. The number of nitrogens with zero attached hydrogens (tertiary/aromatic N) is 1. The Kier molecular flexibility index (Phi) is 7.81. The second kappa shape index (κ2) is 8.97. The quantitative estimate of drug-likeness (QED) is 0.653. The van der Waals surface area contributed by atoms with Crippen LogP contribution >= 0.6 is 0 Å². The summed E-state index contributed by atoms with van der Waals surface area (Å²) in [7, 11) is 0. The predicted molar refractivity (Wildman–Crippen MR) is 68.4 cm³/mol. The van der Waals surface area contributed by atoms with Crippen LogP contribution in [-0.4, -0.2) is 42.3 Å². The molecule has 0 aromatic carbocycles. The number of hydrogen-bond acceptors (Lipinski definition) is 3. The van der Waals surface area contributed by atoms with E-state index in [1.807, 2.05) is 0 Å². The molecule has 96 valence electrons. The fourth-order valence-corrected chi connectivity index (χ4v) is 2.67. The van der Waals surface area contributed by atoms with Crippen molar-refractivity contribution in [3.05, 3.63) is 0 Å². The van der Waals surface area contributed by atoms with E-state index in [4.69, 9.17) is 10.8 Å². The van der Waals surface area contributed by atoms with Crippen LogP contribution in [0.1, 0.15) is 51.4 Å². The fourth-order valence-electron chi connectivity index (χ4n) is 2.67. The minimum Gasteiger partial charge on any atom is -0.396 e. The molecular formula is C13H28N2O. The summed E-state index contributed by atoms with van der Waals surface area (Å²) in [6, 6.07) is 0.751. The van der Waals surface area contributed by atoms with Crippen molar-refractivity contribution in [2.75, 3.05) is 26.2 Å². The molecule has 1 saturated carbocycles. The van der Waals surface area contributed by atoms with Gasteiger partial charge in [0.2, 0.25) is 0 Å². The van der Waals surface area contributed by atoms with Crippen LogP contribution in [0.25, 0.3) is 0 Å². The van der Waals surface area contributed by atoms with E-state index in [1.54, 1.807) is 0 Å². The highest BCUT2D eigenvalue weighted by atomic mass is 16.3. The number of nitrogens with two attached hydrogens (primary N) is 1. The average Bonchev–Trinajstić information content (AvgIpc) is 2.58. The van der Waals surface area contributed by atoms with Gasteiger partial charge < -0.3 is 15.7 Å². The minimum absolute atomic E-state index is 0.311. The summed E-state index contributed by atoms with van der Waals surface area (Å²) in [6.45, 7) is 3.25. The molecule has 0 amide bonds. The highest BCUT2D eigenvalue weighted by molar-refractivity contribution is 4.74. The molecule has 1 rings (SSSR count). The van der Waals surface area contributed by atoms with E-state index in [0.717, 1.165) is 38.5 Å². The van der Waals surface area contributed by atoms with Gasteiger partial charge in [0.1, 0.15) is 0 Å². The molecule has 0 unspecified atom stereocenters. The van der Waals surface area contributed by atoms with Crippen molar-refractivity contribution >= 4 is 0 Å². The summed E-state index contributed by atoms with van der Waals surface area (Å²) in [5.74, 6) is 0. The second-order valence-corrected chi connectivity index (χ2v) is 4.90. The number of rotatable bonds is 7. The van der Waals surface area contributed by atoms with Gasteiger partial charge in [-0.05, 0) is 38.8 Å². The van der Waals surface area contributed by atoms with E-state index >= 15 is 0 Å². The highest BCUT2D eigenvalue weighted by Gasteiger charge is 2.18. The van der Waals surface area contributed by atoms with Gasteiger partial charge in [0.15, 0.2) is 0 Å². The smallest absolute Gasteiger partial charge is 0.0443 e. The van der Waals surface area contributed by atoms with Crippen molar-refractivity contribution in [2.24, 2.45) is 5.73 Å². The van der Waals surface area contributed by atoms with E-state index < -0.39 is 0 Å². The molecule has 3 nitrogen and oxygen atoms in total. The molecule has 0 atom stereocenters. The minimum atomic E-state index is 0.311. The van der Waals surface area contributed by atoms with Gasteiger partial charge in [0.25, 0.3) is 0 Å². The zero-order valence-electron chi connectivity index (χ0n) is 10.5. The summed E-state index contributed by atoms with van der Waals surface area (Å²) >= 11 is 0. The van der Waals surface area contributed by atoms with Gasteiger partial charge in [-0.15, -0.1) is 0 Å². The Morgan fingerprint density at radius 1 is 1.00 bits per heavy atom. The zero-order chi connectivity index (χ0) is 11.6. The van der Waals surface area contributed by atoms with Gasteiger partial charge in [-0.3, -0.25) is 0 Å². The molecule has 1 aliphatic rings. The number of aliphatic hydroxyl groups excluding tert-OH is 1. The third-order valence-corrected chi connectivity index (χ3v) is 3.59. The molecule has 1 aliphatic carbocycles. The maximum atomic E-state index is 8.94. The summed E-state index contributed by atoms with van der Waals surface area (Å²) in [5, 5.41) is 8.94. The molecule has 0 heterocycles. The molecule has 0 spiro atoms. The lowest BCUT2D eigenvalue weighted by Crippen LogP contribution is -2.37. The molecule has 0 aliphatic heterocycles. The molecular weight excluding hydrogens is 200 g/mol. The Morgan fingerprint density at radius 3 is 2.19 bits per heavy atom. The molecule has 16 heavy (non-hydrogen) atoms. The van der Waals surface area contributed by atoms with Crippen molar-refractivity contribution in [3.8, 4) is 0 Å². The molecule has 3 heteroatoms. The summed E-state index contributed by atoms with van der Waals surface area (Å²) in [5.41, 5.74) is 5.59. The van der Waals surface area contributed by atoms with Gasteiger partial charge in [-0.25, -0.2) is 0 Å². The Balaban J connectivity index is 2.37. The van der Waals surface area contributed by atoms with E-state index in [2.05, 4.69) is 4.90 Å². The topological polar surface area (TPSA) is 49.5 Å². The van der Waals surface area contributed by atoms with Gasteiger partial charge in [-0.1, -0.05) is 25.7 Å². The maximum absolute atomic E-state index is 8.94. The molecule has 3 N–H and O–H groups in total. The largest absolute Gasteiger partial charge is 0.396 e. The first-order valence-corrected chi connectivity index (χ1v) is 6.93. The lowest BCUT2D eigenvalue weighted by molar-refractivity contribution is 0.159. The summed E-state index contributed by atoms with van der Waals surface area (Å²) in [4.78, 5) is 2.56. The van der Waals surface area contributed by atoms with Crippen LogP contribution in [0.3, 0.4) is 0 Å². The van der Waals surface area contributed by atoms with E-state index in [-0.39, 0.29) is 0 Å². The summed E-state index contributed by atoms with van der Waals surface area (Å²) < 4.78 is 0. The van der Waals surface area contributed by atoms with Crippen LogP contribution in [0.15, 0.2) is 0 Å². The number of aliphatic hydroxyl groups is 1. The predicted octanol–water partition coefficient (Wildman–Crippen LogP) is 1.74. The van der Waals surface area contributed by atoms with E-state index in [1.165, 1.54) is 38.5 Å². The van der Waals surface area contributed by atoms with Crippen LogP contribution in [0.5, 0.6) is 0 Å². The van der Waals surface area contributed by atoms with Gasteiger partial charge in [0.05, 0.1) is 0 Å². The highest BCUT2D eigenvalue weighted by Crippen LogP contribution is 2.22. The third kappa shape index (κ3) is 5.28. The summed E-state index contributed by atoms with van der Waals surface area (Å²) in [6.07, 6.45) is 10.2.